The molecule has 1 aliphatic rings. The molecule has 296 valence electrons. The molecule has 0 bridgehead atoms. The molecule has 0 amide bonds. The fourth-order valence-electron chi connectivity index (χ4n) is 5.63. The number of halogens is 1. The molecule has 18 heteroatoms. The Balaban J connectivity index is 0.000000198. The number of anilines is 4. The van der Waals surface area contributed by atoms with Crippen LogP contribution in [0.4, 0.5) is 31.9 Å². The average molecular weight is 791 g/mol. The van der Waals surface area contributed by atoms with Crippen LogP contribution in [0.3, 0.4) is 0 Å². The molecule has 2 N–H and O–H groups in total. The average Bonchev–Trinajstić information content (AvgIpc) is 3.67. The second-order valence-electron chi connectivity index (χ2n) is 12.0. The van der Waals surface area contributed by atoms with Gasteiger partial charge >= 0.3 is 18.1 Å². The molecule has 0 spiro atoms. The van der Waals surface area contributed by atoms with Crippen LogP contribution >= 0.6 is 0 Å². The number of cyclic esters (lactones) is 2. The number of ether oxygens (including phenoxy) is 4. The van der Waals surface area contributed by atoms with Crippen LogP contribution in [0.1, 0.15) is 34.6 Å². The van der Waals surface area contributed by atoms with E-state index in [0.29, 0.717) is 29.0 Å². The lowest BCUT2D eigenvalue weighted by molar-refractivity contribution is -0.0463. The fraction of sp³-hybridized carbons (Fsp3) is 0.175. The number of carbonyl (C=O) groups is 3. The maximum atomic E-state index is 13.2. The van der Waals surface area contributed by atoms with Crippen molar-refractivity contribution in [2.24, 2.45) is 0 Å². The second kappa shape index (κ2) is 18.7. The van der Waals surface area contributed by atoms with Crippen molar-refractivity contribution in [2.75, 3.05) is 24.1 Å². The predicted octanol–water partition coefficient (Wildman–Crippen LogP) is 5.87. The van der Waals surface area contributed by atoms with E-state index < -0.39 is 42.4 Å². The fourth-order valence-corrected chi connectivity index (χ4v) is 5.63. The van der Waals surface area contributed by atoms with E-state index in [9.17, 15) is 28.4 Å². The summed E-state index contributed by atoms with van der Waals surface area (Å²) in [5, 5.41) is 14.5. The highest BCUT2D eigenvalue weighted by Gasteiger charge is 2.33. The van der Waals surface area contributed by atoms with Gasteiger partial charge in [-0.25, -0.2) is 28.1 Å². The Morgan fingerprint density at radius 3 is 1.60 bits per heavy atom. The third kappa shape index (κ3) is 9.19. The molecule has 5 heterocycles. The Hall–Kier alpha value is -7.76. The summed E-state index contributed by atoms with van der Waals surface area (Å²) in [7, 11) is 0. The van der Waals surface area contributed by atoms with Gasteiger partial charge in [0.15, 0.2) is 6.61 Å². The van der Waals surface area contributed by atoms with Crippen LogP contribution in [-0.4, -0.2) is 67.4 Å². The summed E-state index contributed by atoms with van der Waals surface area (Å²) in [6, 6.07) is 24.5. The molecular formula is C40H35FN8O9. The molecule has 1 saturated heterocycles. The number of hydrogen-bond donors (Lipinski definition) is 2. The van der Waals surface area contributed by atoms with Crippen molar-refractivity contribution >= 4 is 40.8 Å². The minimum absolute atomic E-state index is 0.0288. The van der Waals surface area contributed by atoms with Crippen LogP contribution in [0, 0.1) is 0 Å². The summed E-state index contributed by atoms with van der Waals surface area (Å²) in [4.78, 5) is 70.8. The summed E-state index contributed by atoms with van der Waals surface area (Å²) < 4.78 is 34.5. The first kappa shape index (κ1) is 39.9. The molecule has 1 atom stereocenters. The molecule has 4 aromatic heterocycles. The molecule has 1 unspecified atom stereocenters. The lowest BCUT2D eigenvalue weighted by Crippen LogP contribution is -2.30. The number of nitrogens with zero attached hydrogens (tertiary/aromatic N) is 6. The van der Waals surface area contributed by atoms with Gasteiger partial charge in [-0.3, -0.25) is 19.6 Å². The number of carbonyl (C=O) groups excluding carboxylic acids is 3. The van der Waals surface area contributed by atoms with Crippen LogP contribution in [0.2, 0.25) is 0 Å². The first-order chi connectivity index (χ1) is 28.2. The summed E-state index contributed by atoms with van der Waals surface area (Å²) >= 11 is 0. The van der Waals surface area contributed by atoms with Crippen LogP contribution in [0.5, 0.6) is 0 Å². The van der Waals surface area contributed by atoms with Gasteiger partial charge in [-0.05, 0) is 38.1 Å². The molecular weight excluding hydrogens is 755 g/mol. The first-order valence-corrected chi connectivity index (χ1v) is 17.7. The highest BCUT2D eigenvalue weighted by Crippen LogP contribution is 2.30. The van der Waals surface area contributed by atoms with E-state index in [0.717, 1.165) is 0 Å². The minimum Gasteiger partial charge on any atom is -0.430 e. The van der Waals surface area contributed by atoms with Gasteiger partial charge in [-0.1, -0.05) is 60.7 Å². The zero-order chi connectivity index (χ0) is 41.0. The number of esters is 2. The van der Waals surface area contributed by atoms with Gasteiger partial charge in [-0.2, -0.15) is 10.2 Å². The van der Waals surface area contributed by atoms with E-state index in [-0.39, 0.29) is 47.0 Å². The highest BCUT2D eigenvalue weighted by molar-refractivity contribution is 6.03. The third-order valence-corrected chi connectivity index (χ3v) is 8.26. The molecule has 2 aromatic carbocycles. The number of hydrogen-bond acceptors (Lipinski definition) is 15. The molecule has 1 aliphatic heterocycles. The maximum absolute atomic E-state index is 13.2. The van der Waals surface area contributed by atoms with E-state index in [1.807, 2.05) is 12.1 Å². The monoisotopic (exact) mass is 790 g/mol. The van der Waals surface area contributed by atoms with Crippen molar-refractivity contribution in [3.8, 4) is 22.5 Å². The lowest BCUT2D eigenvalue weighted by atomic mass is 10.0. The molecule has 1 fully saturated rings. The van der Waals surface area contributed by atoms with Gasteiger partial charge in [0.25, 0.3) is 17.4 Å². The van der Waals surface area contributed by atoms with Gasteiger partial charge < -0.3 is 29.6 Å². The van der Waals surface area contributed by atoms with Crippen LogP contribution < -0.4 is 21.8 Å². The third-order valence-electron chi connectivity index (χ3n) is 8.26. The van der Waals surface area contributed by atoms with Crippen molar-refractivity contribution in [2.45, 2.75) is 33.2 Å². The van der Waals surface area contributed by atoms with E-state index in [1.54, 1.807) is 99.0 Å². The van der Waals surface area contributed by atoms with Crippen molar-refractivity contribution < 1.29 is 37.7 Å². The zero-order valence-corrected chi connectivity index (χ0v) is 31.0. The first-order valence-electron chi connectivity index (χ1n) is 17.7. The number of aromatic nitrogens is 6. The van der Waals surface area contributed by atoms with Crippen LogP contribution in [0.25, 0.3) is 22.5 Å². The Kier molecular flexibility index (Phi) is 12.9. The Labute approximate surface area is 329 Å². The van der Waals surface area contributed by atoms with Crippen molar-refractivity contribution in [1.82, 2.24) is 29.5 Å². The number of benzene rings is 2. The normalized spacial score (nSPS) is 12.9. The van der Waals surface area contributed by atoms with Crippen molar-refractivity contribution in [3.05, 3.63) is 142 Å². The topological polar surface area (TPSA) is 208 Å². The number of aryl methyl sites for hydroxylation is 2. The quantitative estimate of drug-likeness (QED) is 0.110. The molecule has 17 nitrogen and oxygen atoms in total. The number of pyridine rings is 2. The standard InChI is InChI=1S/C21H18N4O6.C19H17FN4O3/c1-2-25-19(26)18(23-14-9-6-10-22-11-14)16(17(24-25)13-7-4-3-5-8-13)20(27)30-15-12-29-21(28)31-15;1-2-24-18(25)17(22-14-9-6-10-21-11-14)15(19(26)27-12-20)16(23-24)13-7-4-3-5-8-13/h3-11,15,23H,2,12H2,1H3;3-11,22H,2,12H2,1H3. The van der Waals surface area contributed by atoms with E-state index in [2.05, 4.69) is 40.3 Å². The summed E-state index contributed by atoms with van der Waals surface area (Å²) in [5.74, 6) is -1.86. The van der Waals surface area contributed by atoms with Gasteiger partial charge in [-0.15, -0.1) is 0 Å². The van der Waals surface area contributed by atoms with Gasteiger partial charge in [0.05, 0.1) is 23.8 Å². The molecule has 0 saturated carbocycles. The van der Waals surface area contributed by atoms with Crippen LogP contribution in [-0.2, 0) is 32.0 Å². The maximum Gasteiger partial charge on any atom is 0.511 e. The molecule has 7 rings (SSSR count). The molecule has 0 radical (unpaired) electrons. The highest BCUT2D eigenvalue weighted by atomic mass is 19.1. The van der Waals surface area contributed by atoms with E-state index in [4.69, 9.17) is 9.47 Å². The molecule has 6 aromatic rings. The van der Waals surface area contributed by atoms with Gasteiger partial charge in [0.2, 0.25) is 6.86 Å². The summed E-state index contributed by atoms with van der Waals surface area (Å²) in [6.45, 7) is 2.55. The van der Waals surface area contributed by atoms with Gasteiger partial charge in [0.1, 0.15) is 33.9 Å². The van der Waals surface area contributed by atoms with Crippen molar-refractivity contribution in [3.63, 3.8) is 0 Å². The Morgan fingerprint density at radius 1 is 0.724 bits per heavy atom. The SMILES string of the molecule is CCn1nc(-c2ccccc2)c(C(=O)OC2COC(=O)O2)c(Nc2cccnc2)c1=O.CCn1nc(-c2ccccc2)c(C(=O)OCF)c(Nc2cccnc2)c1=O. The van der Waals surface area contributed by atoms with E-state index >= 15 is 0 Å². The van der Waals surface area contributed by atoms with Gasteiger partial charge in [0, 0.05) is 36.6 Å². The lowest BCUT2D eigenvalue weighted by Gasteiger charge is -2.17. The summed E-state index contributed by atoms with van der Waals surface area (Å²) in [6.07, 6.45) is 4.03. The Morgan fingerprint density at radius 2 is 1.21 bits per heavy atom. The second-order valence-corrected chi connectivity index (χ2v) is 12.0. The predicted molar refractivity (Wildman–Crippen MR) is 207 cm³/mol. The molecule has 58 heavy (non-hydrogen) atoms. The summed E-state index contributed by atoms with van der Waals surface area (Å²) in [5.41, 5.74) is 1.33. The van der Waals surface area contributed by atoms with Crippen molar-refractivity contribution in [1.29, 1.82) is 0 Å². The molecule has 0 aliphatic carbocycles. The van der Waals surface area contributed by atoms with Crippen LogP contribution in [0.15, 0.2) is 119 Å². The number of alkyl halides is 1. The minimum atomic E-state index is -1.31. The largest absolute Gasteiger partial charge is 0.511 e. The zero-order valence-electron chi connectivity index (χ0n) is 31.0. The smallest absolute Gasteiger partial charge is 0.430 e. The number of rotatable bonds is 12. The Bertz CT molecular complexity index is 2510. The number of nitrogens with one attached hydrogen (secondary N) is 2. The van der Waals surface area contributed by atoms with E-state index in [1.165, 1.54) is 21.8 Å².